The van der Waals surface area contributed by atoms with E-state index in [-0.39, 0.29) is 11.9 Å². The number of aromatic nitrogens is 2. The normalized spacial score (nSPS) is 18.1. The lowest BCUT2D eigenvalue weighted by atomic mass is 10.2. The van der Waals surface area contributed by atoms with Crippen molar-refractivity contribution in [2.75, 3.05) is 39.8 Å². The third-order valence-corrected chi connectivity index (χ3v) is 5.05. The van der Waals surface area contributed by atoms with Gasteiger partial charge in [-0.25, -0.2) is 0 Å². The van der Waals surface area contributed by atoms with Crippen LogP contribution in [0.1, 0.15) is 30.3 Å². The van der Waals surface area contributed by atoms with Crippen LogP contribution < -0.4 is 5.32 Å². The van der Waals surface area contributed by atoms with E-state index in [0.29, 0.717) is 6.54 Å². The Morgan fingerprint density at radius 2 is 1.87 bits per heavy atom. The number of likely N-dealkylation sites (N-methyl/N-ethyl adjacent to an activating group) is 1. The predicted molar refractivity (Wildman–Crippen MR) is 92.6 cm³/mol. The van der Waals surface area contributed by atoms with E-state index in [1.165, 1.54) is 11.3 Å². The Hall–Kier alpha value is -1.40. The molecule has 0 spiro atoms. The van der Waals surface area contributed by atoms with Crippen LogP contribution in [0, 0.1) is 20.8 Å². The lowest BCUT2D eigenvalue weighted by Gasteiger charge is -2.35. The van der Waals surface area contributed by atoms with Crippen LogP contribution in [0.4, 0.5) is 0 Å². The maximum Gasteiger partial charge on any atom is 0.237 e. The van der Waals surface area contributed by atoms with E-state index in [0.717, 1.165) is 44.8 Å². The van der Waals surface area contributed by atoms with Gasteiger partial charge in [0.15, 0.2) is 0 Å². The molecule has 1 fully saturated rings. The lowest BCUT2D eigenvalue weighted by molar-refractivity contribution is -0.126. The fourth-order valence-corrected chi connectivity index (χ4v) is 2.97. The Labute approximate surface area is 139 Å². The van der Waals surface area contributed by atoms with Crippen LogP contribution >= 0.6 is 0 Å². The Balaban J connectivity index is 1.71. The zero-order valence-corrected chi connectivity index (χ0v) is 15.2. The largest absolute Gasteiger partial charge is 0.355 e. The molecule has 2 rings (SSSR count). The number of carbonyl (C=O) groups is 1. The number of amides is 1. The first kappa shape index (κ1) is 17.9. The molecular formula is C17H31N5O. The second-order valence-electron chi connectivity index (χ2n) is 6.68. The molecule has 6 heteroatoms. The van der Waals surface area contributed by atoms with Gasteiger partial charge in [-0.2, -0.15) is 5.10 Å². The van der Waals surface area contributed by atoms with Crippen molar-refractivity contribution in [1.82, 2.24) is 24.9 Å². The molecule has 1 aromatic heterocycles. The van der Waals surface area contributed by atoms with Crippen molar-refractivity contribution in [3.8, 4) is 0 Å². The molecule has 2 heterocycles. The van der Waals surface area contributed by atoms with E-state index >= 15 is 0 Å². The lowest BCUT2D eigenvalue weighted by Crippen LogP contribution is -2.53. The predicted octanol–water partition coefficient (Wildman–Crippen LogP) is 0.951. The second-order valence-corrected chi connectivity index (χ2v) is 6.68. The maximum absolute atomic E-state index is 12.3. The van der Waals surface area contributed by atoms with Crippen molar-refractivity contribution in [1.29, 1.82) is 0 Å². The fraction of sp³-hybridized carbons (Fsp3) is 0.765. The van der Waals surface area contributed by atoms with E-state index in [1.807, 2.05) is 18.5 Å². The molecule has 130 valence electrons. The monoisotopic (exact) mass is 321 g/mol. The molecule has 0 bridgehead atoms. The average molecular weight is 321 g/mol. The van der Waals surface area contributed by atoms with E-state index in [9.17, 15) is 4.79 Å². The third-order valence-electron chi connectivity index (χ3n) is 5.05. The summed E-state index contributed by atoms with van der Waals surface area (Å²) in [5.74, 6) is 0.138. The van der Waals surface area contributed by atoms with Gasteiger partial charge in [-0.05, 0) is 46.7 Å². The summed E-state index contributed by atoms with van der Waals surface area (Å²) >= 11 is 0. The number of hydrogen-bond donors (Lipinski definition) is 1. The average Bonchev–Trinajstić information content (AvgIpc) is 2.78. The third kappa shape index (κ3) is 4.54. The van der Waals surface area contributed by atoms with Gasteiger partial charge in [0, 0.05) is 45.0 Å². The Morgan fingerprint density at radius 3 is 2.43 bits per heavy atom. The van der Waals surface area contributed by atoms with E-state index in [2.05, 4.69) is 41.1 Å². The highest BCUT2D eigenvalue weighted by Gasteiger charge is 2.23. The van der Waals surface area contributed by atoms with Crippen LogP contribution in [0.3, 0.4) is 0 Å². The van der Waals surface area contributed by atoms with Crippen LogP contribution in [0.5, 0.6) is 0 Å². The van der Waals surface area contributed by atoms with Crippen molar-refractivity contribution < 1.29 is 4.79 Å². The summed E-state index contributed by atoms with van der Waals surface area (Å²) in [6.45, 7) is 13.8. The summed E-state index contributed by atoms with van der Waals surface area (Å²) in [4.78, 5) is 16.8. The number of piperazine rings is 1. The molecule has 0 aromatic carbocycles. The molecular weight excluding hydrogens is 290 g/mol. The highest BCUT2D eigenvalue weighted by Crippen LogP contribution is 2.11. The summed E-state index contributed by atoms with van der Waals surface area (Å²) < 4.78 is 2.04. The first-order valence-corrected chi connectivity index (χ1v) is 8.61. The zero-order valence-electron chi connectivity index (χ0n) is 15.2. The van der Waals surface area contributed by atoms with Gasteiger partial charge in [0.05, 0.1) is 11.7 Å². The summed E-state index contributed by atoms with van der Waals surface area (Å²) in [6.07, 6.45) is 0.905. The molecule has 1 saturated heterocycles. The molecule has 0 saturated carbocycles. The summed E-state index contributed by atoms with van der Waals surface area (Å²) in [5, 5.41) is 7.60. The molecule has 23 heavy (non-hydrogen) atoms. The highest BCUT2D eigenvalue weighted by atomic mass is 16.2. The van der Waals surface area contributed by atoms with Gasteiger partial charge in [-0.3, -0.25) is 14.4 Å². The SMILES string of the molecule is Cc1nn(CCCNC(=O)C(C)N2CCN(C)CC2)c(C)c1C. The van der Waals surface area contributed by atoms with Gasteiger partial charge < -0.3 is 10.2 Å². The van der Waals surface area contributed by atoms with Crippen LogP contribution in [0.2, 0.25) is 0 Å². The summed E-state index contributed by atoms with van der Waals surface area (Å²) in [7, 11) is 2.13. The van der Waals surface area contributed by atoms with Crippen LogP contribution in [0.25, 0.3) is 0 Å². The maximum atomic E-state index is 12.3. The molecule has 0 aliphatic carbocycles. The number of aryl methyl sites for hydroxylation is 2. The van der Waals surface area contributed by atoms with Crippen molar-refractivity contribution in [2.45, 2.75) is 46.7 Å². The van der Waals surface area contributed by atoms with Crippen LogP contribution in [-0.4, -0.2) is 71.3 Å². The standard InChI is InChI=1S/C17H31N5O/c1-13-14(2)19-22(15(13)3)8-6-7-18-17(23)16(4)21-11-9-20(5)10-12-21/h16H,6-12H2,1-5H3,(H,18,23). The van der Waals surface area contributed by atoms with Gasteiger partial charge in [0.2, 0.25) is 5.91 Å². The highest BCUT2D eigenvalue weighted by molar-refractivity contribution is 5.81. The quantitative estimate of drug-likeness (QED) is 0.793. The number of nitrogens with zero attached hydrogens (tertiary/aromatic N) is 4. The van der Waals surface area contributed by atoms with Crippen molar-refractivity contribution in [3.05, 3.63) is 17.0 Å². The van der Waals surface area contributed by atoms with Gasteiger partial charge in [0.1, 0.15) is 0 Å². The van der Waals surface area contributed by atoms with E-state index in [4.69, 9.17) is 0 Å². The molecule has 1 aliphatic rings. The molecule has 1 amide bonds. The number of carbonyl (C=O) groups excluding carboxylic acids is 1. The van der Waals surface area contributed by atoms with Crippen molar-refractivity contribution in [3.63, 3.8) is 0 Å². The number of nitrogens with one attached hydrogen (secondary N) is 1. The van der Waals surface area contributed by atoms with Gasteiger partial charge >= 0.3 is 0 Å². The second kappa shape index (κ2) is 7.93. The molecule has 1 aliphatic heterocycles. The van der Waals surface area contributed by atoms with Crippen LogP contribution in [0.15, 0.2) is 0 Å². The Kier molecular flexibility index (Phi) is 6.18. The molecule has 1 atom stereocenters. The number of hydrogen-bond acceptors (Lipinski definition) is 4. The molecule has 1 aromatic rings. The topological polar surface area (TPSA) is 53.4 Å². The number of rotatable bonds is 6. The van der Waals surface area contributed by atoms with Gasteiger partial charge in [0.25, 0.3) is 0 Å². The minimum Gasteiger partial charge on any atom is -0.355 e. The van der Waals surface area contributed by atoms with E-state index < -0.39 is 0 Å². The molecule has 1 N–H and O–H groups in total. The Morgan fingerprint density at radius 1 is 1.22 bits per heavy atom. The fourth-order valence-electron chi connectivity index (χ4n) is 2.97. The van der Waals surface area contributed by atoms with Crippen molar-refractivity contribution in [2.24, 2.45) is 0 Å². The first-order chi connectivity index (χ1) is 10.9. The summed E-state index contributed by atoms with van der Waals surface area (Å²) in [6, 6.07) is -0.0420. The minimum atomic E-state index is -0.0420. The molecule has 6 nitrogen and oxygen atoms in total. The molecule has 1 unspecified atom stereocenters. The smallest absolute Gasteiger partial charge is 0.237 e. The van der Waals surface area contributed by atoms with Crippen LogP contribution in [-0.2, 0) is 11.3 Å². The van der Waals surface area contributed by atoms with Crippen molar-refractivity contribution >= 4 is 5.91 Å². The van der Waals surface area contributed by atoms with Gasteiger partial charge in [-0.15, -0.1) is 0 Å². The Bertz CT molecular complexity index is 531. The van der Waals surface area contributed by atoms with Gasteiger partial charge in [-0.1, -0.05) is 0 Å². The zero-order chi connectivity index (χ0) is 17.0. The minimum absolute atomic E-state index is 0.0420. The first-order valence-electron chi connectivity index (χ1n) is 8.61. The summed E-state index contributed by atoms with van der Waals surface area (Å²) in [5.41, 5.74) is 3.58. The van der Waals surface area contributed by atoms with E-state index in [1.54, 1.807) is 0 Å². The molecule has 0 radical (unpaired) electrons.